The highest BCUT2D eigenvalue weighted by atomic mass is 35.5. The minimum absolute atomic E-state index is 0.0597. The number of hydrogen-bond donors (Lipinski definition) is 0. The Morgan fingerprint density at radius 2 is 2.00 bits per heavy atom. The van der Waals surface area contributed by atoms with Gasteiger partial charge in [-0.05, 0) is 44.0 Å². The lowest BCUT2D eigenvalue weighted by atomic mass is 10.1. The average molecular weight is 412 g/mol. The van der Waals surface area contributed by atoms with Gasteiger partial charge in [-0.1, -0.05) is 29.3 Å². The predicted octanol–water partition coefficient (Wildman–Crippen LogP) is 5.34. The van der Waals surface area contributed by atoms with Crippen LogP contribution in [0.2, 0.25) is 10.0 Å². The van der Waals surface area contributed by atoms with Gasteiger partial charge in [0.2, 0.25) is 0 Å². The third-order valence-electron chi connectivity index (χ3n) is 4.40. The molecule has 4 nitrogen and oxygen atoms in total. The quantitative estimate of drug-likeness (QED) is 0.616. The van der Waals surface area contributed by atoms with Gasteiger partial charge in [-0.3, -0.25) is 4.79 Å². The molecule has 0 unspecified atom stereocenters. The van der Waals surface area contributed by atoms with E-state index in [2.05, 4.69) is 0 Å². The number of benzene rings is 2. The Morgan fingerprint density at radius 1 is 1.26 bits per heavy atom. The summed E-state index contributed by atoms with van der Waals surface area (Å²) in [5.41, 5.74) is 0.670. The second kappa shape index (κ2) is 8.36. The lowest BCUT2D eigenvalue weighted by Gasteiger charge is -2.24. The van der Waals surface area contributed by atoms with E-state index in [4.69, 9.17) is 32.7 Å². The summed E-state index contributed by atoms with van der Waals surface area (Å²) in [7, 11) is 1.49. The molecule has 27 heavy (non-hydrogen) atoms. The van der Waals surface area contributed by atoms with Crippen LogP contribution in [-0.4, -0.2) is 30.6 Å². The molecule has 2 aromatic rings. The summed E-state index contributed by atoms with van der Waals surface area (Å²) in [6.07, 6.45) is 1.75. The zero-order chi connectivity index (χ0) is 19.6. The fraction of sp³-hybridized carbons (Fsp3) is 0.350. The number of nitrogens with zero attached hydrogens (tertiary/aromatic N) is 1. The number of carbonyl (C=O) groups excluding carboxylic acids is 1. The van der Waals surface area contributed by atoms with Crippen LogP contribution in [0.1, 0.15) is 35.7 Å². The summed E-state index contributed by atoms with van der Waals surface area (Å²) < 4.78 is 25.0. The van der Waals surface area contributed by atoms with Crippen molar-refractivity contribution in [1.82, 2.24) is 4.90 Å². The third kappa shape index (κ3) is 4.30. The zero-order valence-electron chi connectivity index (χ0n) is 15.1. The molecule has 3 rings (SSSR count). The number of hydrogen-bond acceptors (Lipinski definition) is 3. The molecule has 0 bridgehead atoms. The molecule has 1 aliphatic carbocycles. The predicted molar refractivity (Wildman–Crippen MR) is 103 cm³/mol. The fourth-order valence-electron chi connectivity index (χ4n) is 2.90. The van der Waals surface area contributed by atoms with Gasteiger partial charge in [-0.2, -0.15) is 0 Å². The van der Waals surface area contributed by atoms with Crippen LogP contribution in [0.15, 0.2) is 30.3 Å². The fourth-order valence-corrected chi connectivity index (χ4v) is 3.39. The second-order valence-electron chi connectivity index (χ2n) is 6.29. The Morgan fingerprint density at radius 3 is 2.59 bits per heavy atom. The van der Waals surface area contributed by atoms with E-state index >= 15 is 0 Å². The maximum atomic E-state index is 14.2. The molecule has 0 N–H and O–H groups in total. The number of rotatable bonds is 7. The van der Waals surface area contributed by atoms with E-state index in [1.54, 1.807) is 29.2 Å². The summed E-state index contributed by atoms with van der Waals surface area (Å²) in [4.78, 5) is 14.8. The van der Waals surface area contributed by atoms with E-state index in [0.717, 1.165) is 12.8 Å². The van der Waals surface area contributed by atoms with Crippen molar-refractivity contribution in [2.75, 3.05) is 13.7 Å². The van der Waals surface area contributed by atoms with Gasteiger partial charge in [0.05, 0.1) is 25.3 Å². The number of halogens is 3. The third-order valence-corrected chi connectivity index (χ3v) is 5.04. The van der Waals surface area contributed by atoms with Crippen LogP contribution >= 0.6 is 23.2 Å². The molecule has 0 aromatic heterocycles. The zero-order valence-corrected chi connectivity index (χ0v) is 16.6. The largest absolute Gasteiger partial charge is 0.493 e. The molecule has 1 amide bonds. The first-order valence-corrected chi connectivity index (χ1v) is 9.46. The Bertz CT molecular complexity index is 835. The molecule has 0 saturated heterocycles. The molecule has 7 heteroatoms. The maximum absolute atomic E-state index is 14.2. The second-order valence-corrected chi connectivity index (χ2v) is 7.10. The molecule has 0 spiro atoms. The Hall–Kier alpha value is -1.98. The molecular weight excluding hydrogens is 392 g/mol. The van der Waals surface area contributed by atoms with Crippen LogP contribution in [0.25, 0.3) is 0 Å². The van der Waals surface area contributed by atoms with Crippen molar-refractivity contribution in [1.29, 1.82) is 0 Å². The smallest absolute Gasteiger partial charge is 0.254 e. The van der Waals surface area contributed by atoms with Gasteiger partial charge < -0.3 is 14.4 Å². The lowest BCUT2D eigenvalue weighted by Crippen LogP contribution is -2.33. The first-order chi connectivity index (χ1) is 13.0. The van der Waals surface area contributed by atoms with Crippen molar-refractivity contribution in [3.8, 4) is 11.5 Å². The van der Waals surface area contributed by atoms with Gasteiger partial charge in [-0.25, -0.2) is 4.39 Å². The van der Waals surface area contributed by atoms with Crippen molar-refractivity contribution in [3.63, 3.8) is 0 Å². The molecule has 1 saturated carbocycles. The highest BCUT2D eigenvalue weighted by molar-refractivity contribution is 6.32. The van der Waals surface area contributed by atoms with Gasteiger partial charge in [0.15, 0.2) is 11.5 Å². The SMILES string of the molecule is CCOc1c(Cl)cc(C(=O)N(Cc2c(F)cccc2Cl)C2CC2)cc1OC. The monoisotopic (exact) mass is 411 g/mol. The van der Waals surface area contributed by atoms with Crippen LogP contribution in [-0.2, 0) is 6.54 Å². The van der Waals surface area contributed by atoms with Gasteiger partial charge in [0.25, 0.3) is 5.91 Å². The van der Waals surface area contributed by atoms with E-state index < -0.39 is 5.82 Å². The van der Waals surface area contributed by atoms with Crippen molar-refractivity contribution < 1.29 is 18.7 Å². The Kier molecular flexibility index (Phi) is 6.12. The van der Waals surface area contributed by atoms with Crippen LogP contribution in [0.4, 0.5) is 4.39 Å². The number of ether oxygens (including phenoxy) is 2. The molecular formula is C20H20Cl2FNO3. The standard InChI is InChI=1S/C20H20Cl2FNO3/c1-3-27-19-16(22)9-12(10-18(19)26-2)20(25)24(13-7-8-13)11-14-15(21)5-4-6-17(14)23/h4-6,9-10,13H,3,7-8,11H2,1-2H3. The summed E-state index contributed by atoms with van der Waals surface area (Å²) in [6, 6.07) is 7.71. The lowest BCUT2D eigenvalue weighted by molar-refractivity contribution is 0.0728. The van der Waals surface area contributed by atoms with Gasteiger partial charge >= 0.3 is 0 Å². The Balaban J connectivity index is 1.93. The molecule has 0 heterocycles. The van der Waals surface area contributed by atoms with Gasteiger partial charge in [0, 0.05) is 22.2 Å². The molecule has 0 aliphatic heterocycles. The van der Waals surface area contributed by atoms with Crippen LogP contribution in [0.3, 0.4) is 0 Å². The first kappa shape index (κ1) is 19.8. The first-order valence-electron chi connectivity index (χ1n) is 8.70. The highest BCUT2D eigenvalue weighted by Gasteiger charge is 2.34. The maximum Gasteiger partial charge on any atom is 0.254 e. The van der Waals surface area contributed by atoms with Crippen LogP contribution < -0.4 is 9.47 Å². The van der Waals surface area contributed by atoms with Crippen LogP contribution in [0, 0.1) is 5.82 Å². The van der Waals surface area contributed by atoms with Crippen LogP contribution in [0.5, 0.6) is 11.5 Å². The van der Waals surface area contributed by atoms with E-state index in [1.807, 2.05) is 6.92 Å². The average Bonchev–Trinajstić information content (AvgIpc) is 3.47. The van der Waals surface area contributed by atoms with Crippen molar-refractivity contribution in [2.24, 2.45) is 0 Å². The number of carbonyl (C=O) groups is 1. The molecule has 0 radical (unpaired) electrons. The minimum Gasteiger partial charge on any atom is -0.493 e. The van der Waals surface area contributed by atoms with E-state index in [1.165, 1.54) is 13.2 Å². The van der Waals surface area contributed by atoms with Crippen molar-refractivity contribution in [2.45, 2.75) is 32.4 Å². The van der Waals surface area contributed by atoms with E-state index in [-0.39, 0.29) is 18.5 Å². The van der Waals surface area contributed by atoms with Gasteiger partial charge in [0.1, 0.15) is 5.82 Å². The van der Waals surface area contributed by atoms with E-state index in [9.17, 15) is 9.18 Å². The summed E-state index contributed by atoms with van der Waals surface area (Å²) in [6.45, 7) is 2.35. The molecule has 0 atom stereocenters. The summed E-state index contributed by atoms with van der Waals surface area (Å²) >= 11 is 12.4. The topological polar surface area (TPSA) is 38.8 Å². The molecule has 2 aromatic carbocycles. The van der Waals surface area contributed by atoms with Crippen molar-refractivity contribution >= 4 is 29.1 Å². The Labute approximate surface area is 167 Å². The minimum atomic E-state index is -0.428. The van der Waals surface area contributed by atoms with E-state index in [0.29, 0.717) is 39.3 Å². The number of methoxy groups -OCH3 is 1. The van der Waals surface area contributed by atoms with Gasteiger partial charge in [-0.15, -0.1) is 0 Å². The molecule has 144 valence electrons. The van der Waals surface area contributed by atoms with Crippen molar-refractivity contribution in [3.05, 3.63) is 57.3 Å². The molecule has 1 aliphatic rings. The number of amides is 1. The summed E-state index contributed by atoms with van der Waals surface area (Å²) in [5, 5.41) is 0.593. The highest BCUT2D eigenvalue weighted by Crippen LogP contribution is 2.38. The summed E-state index contributed by atoms with van der Waals surface area (Å²) in [5.74, 6) is 0.101. The normalized spacial score (nSPS) is 13.4. The molecule has 1 fully saturated rings.